The van der Waals surface area contributed by atoms with E-state index in [1.165, 1.54) is 11.3 Å². The largest absolute Gasteiger partial charge is 0.435 e. The fourth-order valence-corrected chi connectivity index (χ4v) is 2.52. The molecule has 0 saturated carbocycles. The van der Waals surface area contributed by atoms with E-state index < -0.39 is 0 Å². The Morgan fingerprint density at radius 1 is 1.39 bits per heavy atom. The SMILES string of the molecule is CC(N)c1nc(-c2nc3ccc(Cl)cc3o2)cs1. The van der Waals surface area contributed by atoms with Crippen molar-refractivity contribution >= 4 is 34.0 Å². The second kappa shape index (κ2) is 4.35. The number of hydrogen-bond acceptors (Lipinski definition) is 5. The molecule has 1 atom stereocenters. The number of nitrogens with two attached hydrogens (primary N) is 1. The molecular weight excluding hydrogens is 270 g/mol. The molecule has 0 amide bonds. The summed E-state index contributed by atoms with van der Waals surface area (Å²) in [5.41, 5.74) is 7.92. The third-order valence-corrected chi connectivity index (χ3v) is 3.76. The fourth-order valence-electron chi connectivity index (χ4n) is 1.60. The van der Waals surface area contributed by atoms with Crippen LogP contribution in [0.2, 0.25) is 5.02 Å². The van der Waals surface area contributed by atoms with Crippen molar-refractivity contribution in [3.63, 3.8) is 0 Å². The van der Waals surface area contributed by atoms with E-state index in [2.05, 4.69) is 9.97 Å². The summed E-state index contributed by atoms with van der Waals surface area (Å²) in [5.74, 6) is 0.496. The molecule has 3 aromatic rings. The Balaban J connectivity index is 2.07. The van der Waals surface area contributed by atoms with Gasteiger partial charge in [0, 0.05) is 16.5 Å². The van der Waals surface area contributed by atoms with Gasteiger partial charge in [0.1, 0.15) is 16.2 Å². The van der Waals surface area contributed by atoms with E-state index in [1.54, 1.807) is 12.1 Å². The number of hydrogen-bond donors (Lipinski definition) is 1. The van der Waals surface area contributed by atoms with Crippen LogP contribution in [0.1, 0.15) is 18.0 Å². The zero-order chi connectivity index (χ0) is 12.7. The van der Waals surface area contributed by atoms with Crippen LogP contribution in [0.25, 0.3) is 22.7 Å². The maximum atomic E-state index is 5.90. The Kier molecular flexibility index (Phi) is 2.81. The first kappa shape index (κ1) is 11.6. The number of oxazole rings is 1. The molecule has 18 heavy (non-hydrogen) atoms. The first-order valence-electron chi connectivity index (χ1n) is 5.41. The van der Waals surface area contributed by atoms with Gasteiger partial charge in [-0.1, -0.05) is 11.6 Å². The van der Waals surface area contributed by atoms with Gasteiger partial charge in [-0.15, -0.1) is 11.3 Å². The van der Waals surface area contributed by atoms with Crippen molar-refractivity contribution in [2.45, 2.75) is 13.0 Å². The van der Waals surface area contributed by atoms with E-state index in [0.29, 0.717) is 22.2 Å². The van der Waals surface area contributed by atoms with Crippen LogP contribution >= 0.6 is 22.9 Å². The second-order valence-corrected chi connectivity index (χ2v) is 5.32. The molecule has 0 spiro atoms. The van der Waals surface area contributed by atoms with E-state index in [1.807, 2.05) is 18.4 Å². The smallest absolute Gasteiger partial charge is 0.247 e. The number of halogens is 1. The van der Waals surface area contributed by atoms with E-state index in [-0.39, 0.29) is 6.04 Å². The molecule has 0 radical (unpaired) electrons. The topological polar surface area (TPSA) is 64.9 Å². The van der Waals surface area contributed by atoms with Crippen molar-refractivity contribution in [2.75, 3.05) is 0 Å². The molecular formula is C12H10ClN3OS. The normalized spacial score (nSPS) is 13.1. The van der Waals surface area contributed by atoms with Gasteiger partial charge in [0.15, 0.2) is 5.58 Å². The Morgan fingerprint density at radius 3 is 2.94 bits per heavy atom. The van der Waals surface area contributed by atoms with E-state index >= 15 is 0 Å². The maximum absolute atomic E-state index is 5.90. The van der Waals surface area contributed by atoms with Gasteiger partial charge in [0.05, 0.1) is 6.04 Å². The molecule has 2 aromatic heterocycles. The number of benzene rings is 1. The molecule has 92 valence electrons. The van der Waals surface area contributed by atoms with Gasteiger partial charge in [0.25, 0.3) is 0 Å². The van der Waals surface area contributed by atoms with Crippen molar-refractivity contribution in [1.29, 1.82) is 0 Å². The van der Waals surface area contributed by atoms with Gasteiger partial charge in [0.2, 0.25) is 5.89 Å². The summed E-state index contributed by atoms with van der Waals surface area (Å²) in [5, 5.41) is 3.38. The quantitative estimate of drug-likeness (QED) is 0.778. The molecule has 0 aliphatic rings. The number of aromatic nitrogens is 2. The lowest BCUT2D eigenvalue weighted by Crippen LogP contribution is -2.03. The van der Waals surface area contributed by atoms with Crippen LogP contribution in [0.15, 0.2) is 28.0 Å². The molecule has 2 N–H and O–H groups in total. The van der Waals surface area contributed by atoms with Crippen molar-refractivity contribution < 1.29 is 4.42 Å². The fraction of sp³-hybridized carbons (Fsp3) is 0.167. The number of nitrogens with zero attached hydrogens (tertiary/aromatic N) is 2. The van der Waals surface area contributed by atoms with Crippen molar-refractivity contribution in [3.8, 4) is 11.6 Å². The maximum Gasteiger partial charge on any atom is 0.247 e. The van der Waals surface area contributed by atoms with Gasteiger partial charge in [-0.25, -0.2) is 9.97 Å². The summed E-state index contributed by atoms with van der Waals surface area (Å²) in [6.07, 6.45) is 0. The zero-order valence-corrected chi connectivity index (χ0v) is 11.1. The van der Waals surface area contributed by atoms with Crippen molar-refractivity contribution in [1.82, 2.24) is 9.97 Å². The lowest BCUT2D eigenvalue weighted by Gasteiger charge is -1.95. The minimum atomic E-state index is -0.0810. The van der Waals surface area contributed by atoms with Crippen molar-refractivity contribution in [3.05, 3.63) is 33.6 Å². The Morgan fingerprint density at radius 2 is 2.22 bits per heavy atom. The minimum Gasteiger partial charge on any atom is -0.435 e. The average molecular weight is 280 g/mol. The standard InChI is InChI=1S/C12H10ClN3OS/c1-6(14)12-16-9(5-18-12)11-15-8-3-2-7(13)4-10(8)17-11/h2-6H,14H2,1H3. The van der Waals surface area contributed by atoms with E-state index in [0.717, 1.165) is 10.5 Å². The lowest BCUT2D eigenvalue weighted by atomic mass is 10.3. The number of fused-ring (bicyclic) bond motifs is 1. The van der Waals surface area contributed by atoms with Gasteiger partial charge in [-0.2, -0.15) is 0 Å². The molecule has 0 aliphatic carbocycles. The summed E-state index contributed by atoms with van der Waals surface area (Å²) in [6.45, 7) is 1.90. The molecule has 3 rings (SSSR count). The molecule has 0 fully saturated rings. The van der Waals surface area contributed by atoms with E-state index in [9.17, 15) is 0 Å². The predicted octanol–water partition coefficient (Wildman–Crippen LogP) is 3.62. The first-order valence-corrected chi connectivity index (χ1v) is 6.67. The van der Waals surface area contributed by atoms with Gasteiger partial charge >= 0.3 is 0 Å². The van der Waals surface area contributed by atoms with E-state index in [4.69, 9.17) is 21.8 Å². The van der Waals surface area contributed by atoms with Crippen molar-refractivity contribution in [2.24, 2.45) is 5.73 Å². The molecule has 0 aliphatic heterocycles. The summed E-state index contributed by atoms with van der Waals surface area (Å²) < 4.78 is 5.64. The van der Waals surface area contributed by atoms with Crippen LogP contribution < -0.4 is 5.73 Å². The Labute approximate surface area is 112 Å². The highest BCUT2D eigenvalue weighted by Gasteiger charge is 2.13. The molecule has 1 unspecified atom stereocenters. The summed E-state index contributed by atoms with van der Waals surface area (Å²) in [4.78, 5) is 8.78. The van der Waals surface area contributed by atoms with Crippen LogP contribution in [0, 0.1) is 0 Å². The van der Waals surface area contributed by atoms with Crippen LogP contribution in [-0.2, 0) is 0 Å². The Bertz CT molecular complexity index is 704. The minimum absolute atomic E-state index is 0.0810. The molecule has 0 bridgehead atoms. The number of rotatable bonds is 2. The third kappa shape index (κ3) is 2.01. The second-order valence-electron chi connectivity index (χ2n) is 3.99. The third-order valence-electron chi connectivity index (χ3n) is 2.48. The highest BCUT2D eigenvalue weighted by Crippen LogP contribution is 2.28. The highest BCUT2D eigenvalue weighted by atomic mass is 35.5. The average Bonchev–Trinajstić information content (AvgIpc) is 2.93. The van der Waals surface area contributed by atoms with Gasteiger partial charge in [-0.05, 0) is 19.1 Å². The highest BCUT2D eigenvalue weighted by molar-refractivity contribution is 7.10. The van der Waals surface area contributed by atoms with Crippen LogP contribution in [-0.4, -0.2) is 9.97 Å². The van der Waals surface area contributed by atoms with Gasteiger partial charge in [-0.3, -0.25) is 0 Å². The molecule has 1 aromatic carbocycles. The summed E-state index contributed by atoms with van der Waals surface area (Å²) in [6, 6.07) is 5.27. The molecule has 4 nitrogen and oxygen atoms in total. The summed E-state index contributed by atoms with van der Waals surface area (Å²) >= 11 is 7.41. The monoisotopic (exact) mass is 279 g/mol. The first-order chi connectivity index (χ1) is 8.63. The lowest BCUT2D eigenvalue weighted by molar-refractivity contribution is 0.616. The Hall–Kier alpha value is -1.43. The summed E-state index contributed by atoms with van der Waals surface area (Å²) in [7, 11) is 0. The number of thiazole rings is 1. The zero-order valence-electron chi connectivity index (χ0n) is 9.55. The molecule has 0 saturated heterocycles. The predicted molar refractivity (Wildman–Crippen MR) is 72.7 cm³/mol. The van der Waals surface area contributed by atoms with Crippen LogP contribution in [0.3, 0.4) is 0 Å². The van der Waals surface area contributed by atoms with Crippen LogP contribution in [0.4, 0.5) is 0 Å². The van der Waals surface area contributed by atoms with Crippen LogP contribution in [0.5, 0.6) is 0 Å². The molecule has 2 heterocycles. The van der Waals surface area contributed by atoms with Gasteiger partial charge < -0.3 is 10.2 Å². The molecule has 6 heteroatoms.